The van der Waals surface area contributed by atoms with E-state index in [9.17, 15) is 4.79 Å². The Morgan fingerprint density at radius 2 is 2.13 bits per heavy atom. The zero-order valence-electron chi connectivity index (χ0n) is 18.9. The number of rotatable bonds is 6. The normalized spacial score (nSPS) is 17.5. The Morgan fingerprint density at radius 3 is 2.90 bits per heavy atom. The van der Waals surface area contributed by atoms with Gasteiger partial charge in [-0.05, 0) is 67.1 Å². The summed E-state index contributed by atoms with van der Waals surface area (Å²) in [6.45, 7) is 9.55. The van der Waals surface area contributed by atoms with Crippen LogP contribution in [0.5, 0.6) is 0 Å². The fraction of sp³-hybridized carbons (Fsp3) is 0.480. The van der Waals surface area contributed by atoms with Crippen molar-refractivity contribution in [3.05, 3.63) is 69.1 Å². The molecule has 0 amide bonds. The molecule has 0 saturated carbocycles. The van der Waals surface area contributed by atoms with E-state index in [2.05, 4.69) is 36.7 Å². The fourth-order valence-electron chi connectivity index (χ4n) is 4.67. The van der Waals surface area contributed by atoms with Gasteiger partial charge in [-0.15, -0.1) is 0 Å². The van der Waals surface area contributed by atoms with Crippen molar-refractivity contribution in [2.75, 3.05) is 20.2 Å². The molecule has 1 fully saturated rings. The molecule has 0 aliphatic carbocycles. The standard InChI is InChI=1S/C25H31N3O3/c1-16(2)20-12-21-19(11-25(29)31-23(21)10-17(20)3)14-28-9-5-6-18(13-28)22-7-8-26-24(27-22)15-30-4/h7-8,10-12,16,18H,5-6,9,13-15H2,1-4H3/t18-/m1/s1. The highest BCUT2D eigenvalue weighted by Gasteiger charge is 2.24. The molecule has 0 radical (unpaired) electrons. The molecule has 1 saturated heterocycles. The molecule has 1 atom stereocenters. The maximum atomic E-state index is 12.2. The van der Waals surface area contributed by atoms with Gasteiger partial charge in [0.25, 0.3) is 0 Å². The van der Waals surface area contributed by atoms with Crippen LogP contribution >= 0.6 is 0 Å². The van der Waals surface area contributed by atoms with E-state index in [0.717, 1.165) is 60.5 Å². The highest BCUT2D eigenvalue weighted by molar-refractivity contribution is 5.82. The van der Waals surface area contributed by atoms with E-state index in [-0.39, 0.29) is 5.63 Å². The smallest absolute Gasteiger partial charge is 0.336 e. The topological polar surface area (TPSA) is 68.5 Å². The van der Waals surface area contributed by atoms with Crippen molar-refractivity contribution in [1.29, 1.82) is 0 Å². The van der Waals surface area contributed by atoms with Crippen molar-refractivity contribution in [1.82, 2.24) is 14.9 Å². The maximum Gasteiger partial charge on any atom is 0.336 e. The zero-order chi connectivity index (χ0) is 22.0. The first-order valence-electron chi connectivity index (χ1n) is 11.0. The Hall–Kier alpha value is -2.57. The van der Waals surface area contributed by atoms with Crippen LogP contribution in [0.4, 0.5) is 0 Å². The summed E-state index contributed by atoms with van der Waals surface area (Å²) in [4.78, 5) is 23.7. The molecule has 31 heavy (non-hydrogen) atoms. The summed E-state index contributed by atoms with van der Waals surface area (Å²) >= 11 is 0. The van der Waals surface area contributed by atoms with E-state index in [1.165, 1.54) is 5.56 Å². The van der Waals surface area contributed by atoms with E-state index in [0.29, 0.717) is 24.0 Å². The monoisotopic (exact) mass is 421 g/mol. The first kappa shape index (κ1) is 21.7. The summed E-state index contributed by atoms with van der Waals surface area (Å²) in [7, 11) is 1.66. The number of hydrogen-bond donors (Lipinski definition) is 0. The van der Waals surface area contributed by atoms with Gasteiger partial charge in [-0.25, -0.2) is 14.8 Å². The second-order valence-electron chi connectivity index (χ2n) is 8.86. The third kappa shape index (κ3) is 4.86. The second-order valence-corrected chi connectivity index (χ2v) is 8.86. The molecule has 6 heteroatoms. The number of hydrogen-bond acceptors (Lipinski definition) is 6. The van der Waals surface area contributed by atoms with Crippen LogP contribution in [0.25, 0.3) is 11.0 Å². The molecular formula is C25H31N3O3. The number of fused-ring (bicyclic) bond motifs is 1. The van der Waals surface area contributed by atoms with Gasteiger partial charge >= 0.3 is 5.63 Å². The van der Waals surface area contributed by atoms with Crippen molar-refractivity contribution >= 4 is 11.0 Å². The first-order valence-corrected chi connectivity index (χ1v) is 11.0. The Bertz CT molecular complexity index is 1120. The van der Waals surface area contributed by atoms with Gasteiger partial charge in [0.05, 0.1) is 0 Å². The lowest BCUT2D eigenvalue weighted by molar-refractivity contribution is 0.176. The number of methoxy groups -OCH3 is 1. The molecule has 1 aromatic carbocycles. The van der Waals surface area contributed by atoms with Crippen molar-refractivity contribution < 1.29 is 9.15 Å². The van der Waals surface area contributed by atoms with Crippen LogP contribution < -0.4 is 5.63 Å². The van der Waals surface area contributed by atoms with Gasteiger partial charge in [0.15, 0.2) is 5.82 Å². The Balaban J connectivity index is 1.60. The van der Waals surface area contributed by atoms with Crippen molar-refractivity contribution in [3.8, 4) is 0 Å². The van der Waals surface area contributed by atoms with Crippen LogP contribution in [-0.4, -0.2) is 35.1 Å². The molecule has 164 valence electrons. The minimum Gasteiger partial charge on any atom is -0.423 e. The van der Waals surface area contributed by atoms with Crippen molar-refractivity contribution in [2.24, 2.45) is 0 Å². The number of piperidine rings is 1. The minimum atomic E-state index is -0.284. The van der Waals surface area contributed by atoms with Crippen molar-refractivity contribution in [3.63, 3.8) is 0 Å². The molecule has 0 N–H and O–H groups in total. The minimum absolute atomic E-state index is 0.284. The molecule has 1 aliphatic rings. The predicted molar refractivity (Wildman–Crippen MR) is 121 cm³/mol. The van der Waals surface area contributed by atoms with Crippen LogP contribution in [0, 0.1) is 6.92 Å². The molecule has 4 rings (SSSR count). The summed E-state index contributed by atoms with van der Waals surface area (Å²) in [6.07, 6.45) is 4.03. The summed E-state index contributed by atoms with van der Waals surface area (Å²) in [5.74, 6) is 1.50. The number of aryl methyl sites for hydroxylation is 1. The predicted octanol–water partition coefficient (Wildman–Crippen LogP) is 4.54. The second kappa shape index (κ2) is 9.28. The van der Waals surface area contributed by atoms with E-state index >= 15 is 0 Å². The molecule has 0 spiro atoms. The summed E-state index contributed by atoms with van der Waals surface area (Å²) in [6, 6.07) is 7.88. The van der Waals surface area contributed by atoms with Gasteiger partial charge in [-0.1, -0.05) is 13.8 Å². The van der Waals surface area contributed by atoms with Gasteiger partial charge in [0.1, 0.15) is 12.2 Å². The number of likely N-dealkylation sites (tertiary alicyclic amines) is 1. The fourth-order valence-corrected chi connectivity index (χ4v) is 4.67. The SMILES string of the molecule is COCc1nccc([C@@H]2CCCN(Cc3cc(=O)oc4cc(C)c(C(C)C)cc34)C2)n1. The first-order chi connectivity index (χ1) is 14.9. The van der Waals surface area contributed by atoms with Gasteiger partial charge < -0.3 is 9.15 Å². The molecule has 3 aromatic rings. The van der Waals surface area contributed by atoms with E-state index in [1.54, 1.807) is 13.2 Å². The van der Waals surface area contributed by atoms with Crippen molar-refractivity contribution in [2.45, 2.75) is 58.6 Å². The molecule has 6 nitrogen and oxygen atoms in total. The molecule has 0 unspecified atom stereocenters. The highest BCUT2D eigenvalue weighted by atomic mass is 16.5. The Morgan fingerprint density at radius 1 is 1.29 bits per heavy atom. The molecule has 0 bridgehead atoms. The largest absolute Gasteiger partial charge is 0.423 e. The van der Waals surface area contributed by atoms with Crippen LogP contribution in [0.1, 0.15) is 66.7 Å². The highest BCUT2D eigenvalue weighted by Crippen LogP contribution is 2.30. The molecule has 2 aromatic heterocycles. The average molecular weight is 422 g/mol. The summed E-state index contributed by atoms with van der Waals surface area (Å²) < 4.78 is 10.7. The molecule has 3 heterocycles. The lowest BCUT2D eigenvalue weighted by atomic mass is 9.93. The lowest BCUT2D eigenvalue weighted by Gasteiger charge is -2.32. The maximum absolute atomic E-state index is 12.2. The van der Waals surface area contributed by atoms with Gasteiger partial charge in [0, 0.05) is 49.5 Å². The molecule has 1 aliphatic heterocycles. The Labute approximate surface area is 183 Å². The zero-order valence-corrected chi connectivity index (χ0v) is 18.9. The van der Waals surface area contributed by atoms with Crippen LogP contribution in [0.2, 0.25) is 0 Å². The number of aromatic nitrogens is 2. The average Bonchev–Trinajstić information content (AvgIpc) is 2.73. The third-order valence-electron chi connectivity index (χ3n) is 6.16. The Kier molecular flexibility index (Phi) is 6.49. The third-order valence-corrected chi connectivity index (χ3v) is 6.16. The van der Waals surface area contributed by atoms with E-state index in [4.69, 9.17) is 14.1 Å². The van der Waals surface area contributed by atoms with Gasteiger partial charge in [0.2, 0.25) is 0 Å². The van der Waals surface area contributed by atoms with Crippen LogP contribution in [-0.2, 0) is 17.9 Å². The van der Waals surface area contributed by atoms with E-state index < -0.39 is 0 Å². The number of benzene rings is 1. The molecular weight excluding hydrogens is 390 g/mol. The number of nitrogens with zero attached hydrogens (tertiary/aromatic N) is 3. The lowest BCUT2D eigenvalue weighted by Crippen LogP contribution is -2.34. The van der Waals surface area contributed by atoms with Gasteiger partial charge in [-0.2, -0.15) is 0 Å². The number of ether oxygens (including phenoxy) is 1. The quantitative estimate of drug-likeness (QED) is 0.544. The van der Waals surface area contributed by atoms with Gasteiger partial charge in [-0.3, -0.25) is 4.90 Å². The summed E-state index contributed by atoms with van der Waals surface area (Å²) in [5, 5.41) is 1.04. The van der Waals surface area contributed by atoms with Crippen LogP contribution in [0.15, 0.2) is 39.7 Å². The van der Waals surface area contributed by atoms with E-state index in [1.807, 2.05) is 18.3 Å². The summed E-state index contributed by atoms with van der Waals surface area (Å²) in [5.41, 5.74) is 4.96. The van der Waals surface area contributed by atoms with Crippen LogP contribution in [0.3, 0.4) is 0 Å².